The summed E-state index contributed by atoms with van der Waals surface area (Å²) in [7, 11) is 0. The largest absolute Gasteiger partial charge is 0.339 e. The van der Waals surface area contributed by atoms with E-state index in [-0.39, 0.29) is 6.04 Å². The number of nitrogens with two attached hydrogens (primary N) is 1. The SMILES string of the molecule is CC(N)c1noc(C2CCCC2C)n1. The summed E-state index contributed by atoms with van der Waals surface area (Å²) in [4.78, 5) is 4.34. The van der Waals surface area contributed by atoms with E-state index in [1.165, 1.54) is 19.3 Å². The predicted molar refractivity (Wildman–Crippen MR) is 52.7 cm³/mol. The standard InChI is InChI=1S/C10H17N3O/c1-6-4-3-5-8(6)10-12-9(7(2)11)13-14-10/h6-8H,3-5,11H2,1-2H3. The first-order valence-corrected chi connectivity index (χ1v) is 5.27. The smallest absolute Gasteiger partial charge is 0.230 e. The molecule has 3 unspecified atom stereocenters. The highest BCUT2D eigenvalue weighted by Gasteiger charge is 2.29. The molecule has 1 fully saturated rings. The summed E-state index contributed by atoms with van der Waals surface area (Å²) in [5, 5.41) is 3.88. The van der Waals surface area contributed by atoms with Crippen LogP contribution in [-0.4, -0.2) is 10.1 Å². The van der Waals surface area contributed by atoms with Crippen LogP contribution in [0.1, 0.15) is 56.8 Å². The highest BCUT2D eigenvalue weighted by atomic mass is 16.5. The van der Waals surface area contributed by atoms with Gasteiger partial charge in [0.1, 0.15) is 0 Å². The molecule has 0 bridgehead atoms. The summed E-state index contributed by atoms with van der Waals surface area (Å²) < 4.78 is 5.24. The monoisotopic (exact) mass is 195 g/mol. The first kappa shape index (κ1) is 9.65. The molecule has 0 amide bonds. The van der Waals surface area contributed by atoms with Gasteiger partial charge in [0.15, 0.2) is 5.82 Å². The van der Waals surface area contributed by atoms with Crippen molar-refractivity contribution in [1.29, 1.82) is 0 Å². The summed E-state index contributed by atoms with van der Waals surface area (Å²) in [6.07, 6.45) is 3.70. The fraction of sp³-hybridized carbons (Fsp3) is 0.800. The van der Waals surface area contributed by atoms with Crippen molar-refractivity contribution in [2.45, 2.75) is 45.1 Å². The topological polar surface area (TPSA) is 64.9 Å². The van der Waals surface area contributed by atoms with E-state index in [1.807, 2.05) is 6.92 Å². The van der Waals surface area contributed by atoms with Crippen molar-refractivity contribution in [3.8, 4) is 0 Å². The Balaban J connectivity index is 2.16. The molecule has 0 aliphatic heterocycles. The van der Waals surface area contributed by atoms with Crippen molar-refractivity contribution < 1.29 is 4.52 Å². The molecule has 1 aliphatic carbocycles. The molecule has 3 atom stereocenters. The Hall–Kier alpha value is -0.900. The van der Waals surface area contributed by atoms with Gasteiger partial charge in [0.2, 0.25) is 5.89 Å². The van der Waals surface area contributed by atoms with Crippen LogP contribution >= 0.6 is 0 Å². The van der Waals surface area contributed by atoms with E-state index in [9.17, 15) is 0 Å². The Morgan fingerprint density at radius 1 is 1.50 bits per heavy atom. The van der Waals surface area contributed by atoms with Gasteiger partial charge in [0.05, 0.1) is 6.04 Å². The van der Waals surface area contributed by atoms with Gasteiger partial charge in [-0.2, -0.15) is 4.98 Å². The Labute approximate surface area is 83.9 Å². The molecule has 1 aliphatic rings. The van der Waals surface area contributed by atoms with E-state index in [0.29, 0.717) is 17.7 Å². The van der Waals surface area contributed by atoms with Gasteiger partial charge in [-0.25, -0.2) is 0 Å². The van der Waals surface area contributed by atoms with Crippen molar-refractivity contribution in [3.63, 3.8) is 0 Å². The minimum atomic E-state index is -0.135. The molecule has 4 heteroatoms. The summed E-state index contributed by atoms with van der Waals surface area (Å²) in [6, 6.07) is -0.135. The van der Waals surface area contributed by atoms with E-state index in [2.05, 4.69) is 17.1 Å². The van der Waals surface area contributed by atoms with Gasteiger partial charge in [-0.05, 0) is 25.7 Å². The molecule has 0 spiro atoms. The molecule has 0 radical (unpaired) electrons. The Morgan fingerprint density at radius 3 is 2.79 bits per heavy atom. The first-order valence-electron chi connectivity index (χ1n) is 5.27. The highest BCUT2D eigenvalue weighted by molar-refractivity contribution is 5.00. The predicted octanol–water partition coefficient (Wildman–Crippen LogP) is 1.99. The van der Waals surface area contributed by atoms with Crippen LogP contribution in [0.5, 0.6) is 0 Å². The Bertz CT molecular complexity index is 308. The summed E-state index contributed by atoms with van der Waals surface area (Å²) in [5.74, 6) is 2.52. The number of hydrogen-bond acceptors (Lipinski definition) is 4. The van der Waals surface area contributed by atoms with Crippen LogP contribution in [0.3, 0.4) is 0 Å². The zero-order valence-corrected chi connectivity index (χ0v) is 8.73. The average Bonchev–Trinajstić information content (AvgIpc) is 2.71. The minimum absolute atomic E-state index is 0.135. The molecule has 78 valence electrons. The van der Waals surface area contributed by atoms with E-state index >= 15 is 0 Å². The molecular weight excluding hydrogens is 178 g/mol. The second kappa shape index (κ2) is 3.69. The van der Waals surface area contributed by atoms with Crippen LogP contribution < -0.4 is 5.73 Å². The van der Waals surface area contributed by atoms with Crippen LogP contribution in [0.2, 0.25) is 0 Å². The molecule has 1 heterocycles. The molecule has 1 aromatic heterocycles. The van der Waals surface area contributed by atoms with Crippen LogP contribution in [0.15, 0.2) is 4.52 Å². The molecule has 2 rings (SSSR count). The summed E-state index contributed by atoms with van der Waals surface area (Å²) >= 11 is 0. The summed E-state index contributed by atoms with van der Waals surface area (Å²) in [6.45, 7) is 4.11. The number of rotatable bonds is 2. The third-order valence-corrected chi connectivity index (χ3v) is 3.04. The third kappa shape index (κ3) is 1.66. The van der Waals surface area contributed by atoms with E-state index in [0.717, 1.165) is 5.89 Å². The van der Waals surface area contributed by atoms with Crippen molar-refractivity contribution in [2.75, 3.05) is 0 Å². The van der Waals surface area contributed by atoms with E-state index in [4.69, 9.17) is 10.3 Å². The number of aromatic nitrogens is 2. The molecule has 0 aromatic carbocycles. The summed E-state index contributed by atoms with van der Waals surface area (Å²) in [5.41, 5.74) is 5.68. The van der Waals surface area contributed by atoms with Crippen molar-refractivity contribution >= 4 is 0 Å². The molecule has 1 saturated carbocycles. The van der Waals surface area contributed by atoms with Crippen LogP contribution in [-0.2, 0) is 0 Å². The lowest BCUT2D eigenvalue weighted by atomic mass is 9.98. The van der Waals surface area contributed by atoms with Crippen LogP contribution in [0.25, 0.3) is 0 Å². The highest BCUT2D eigenvalue weighted by Crippen LogP contribution is 2.38. The Morgan fingerprint density at radius 2 is 2.29 bits per heavy atom. The molecule has 0 saturated heterocycles. The van der Waals surface area contributed by atoms with Gasteiger partial charge in [-0.15, -0.1) is 0 Å². The van der Waals surface area contributed by atoms with E-state index in [1.54, 1.807) is 0 Å². The molecule has 2 N–H and O–H groups in total. The third-order valence-electron chi connectivity index (χ3n) is 3.04. The second-order valence-corrected chi connectivity index (χ2v) is 4.29. The van der Waals surface area contributed by atoms with Gasteiger partial charge < -0.3 is 10.3 Å². The van der Waals surface area contributed by atoms with E-state index < -0.39 is 0 Å². The lowest BCUT2D eigenvalue weighted by molar-refractivity contribution is 0.327. The fourth-order valence-electron chi connectivity index (χ4n) is 2.10. The first-order chi connectivity index (χ1) is 6.68. The Kier molecular flexibility index (Phi) is 2.54. The van der Waals surface area contributed by atoms with Crippen molar-refractivity contribution in [1.82, 2.24) is 10.1 Å². The zero-order chi connectivity index (χ0) is 10.1. The van der Waals surface area contributed by atoms with Gasteiger partial charge in [0.25, 0.3) is 0 Å². The fourth-order valence-corrected chi connectivity index (χ4v) is 2.10. The number of nitrogens with zero attached hydrogens (tertiary/aromatic N) is 2. The number of hydrogen-bond donors (Lipinski definition) is 1. The molecule has 1 aromatic rings. The van der Waals surface area contributed by atoms with Crippen molar-refractivity contribution in [2.24, 2.45) is 11.7 Å². The van der Waals surface area contributed by atoms with Crippen LogP contribution in [0.4, 0.5) is 0 Å². The maximum Gasteiger partial charge on any atom is 0.230 e. The molecule has 14 heavy (non-hydrogen) atoms. The van der Waals surface area contributed by atoms with Crippen LogP contribution in [0, 0.1) is 5.92 Å². The maximum absolute atomic E-state index is 5.68. The molecular formula is C10H17N3O. The maximum atomic E-state index is 5.68. The average molecular weight is 195 g/mol. The second-order valence-electron chi connectivity index (χ2n) is 4.29. The van der Waals surface area contributed by atoms with Gasteiger partial charge in [-0.1, -0.05) is 18.5 Å². The van der Waals surface area contributed by atoms with Gasteiger partial charge >= 0.3 is 0 Å². The minimum Gasteiger partial charge on any atom is -0.339 e. The normalized spacial score (nSPS) is 29.4. The molecule has 4 nitrogen and oxygen atoms in total. The van der Waals surface area contributed by atoms with Gasteiger partial charge in [-0.3, -0.25) is 0 Å². The van der Waals surface area contributed by atoms with Gasteiger partial charge in [0, 0.05) is 5.92 Å². The lowest BCUT2D eigenvalue weighted by Gasteiger charge is -2.08. The lowest BCUT2D eigenvalue weighted by Crippen LogP contribution is -2.08. The van der Waals surface area contributed by atoms with Crippen molar-refractivity contribution in [3.05, 3.63) is 11.7 Å². The zero-order valence-electron chi connectivity index (χ0n) is 8.73. The quantitative estimate of drug-likeness (QED) is 0.783.